The molecule has 0 aliphatic heterocycles. The third-order valence-corrected chi connectivity index (χ3v) is 9.19. The second-order valence-electron chi connectivity index (χ2n) is 12.0. The fourth-order valence-corrected chi connectivity index (χ4v) is 6.39. The van der Waals surface area contributed by atoms with E-state index in [0.29, 0.717) is 0 Å². The highest BCUT2D eigenvalue weighted by Crippen LogP contribution is 2.22. The fraction of sp³-hybridized carbons (Fsp3) is 0.122. The zero-order valence-electron chi connectivity index (χ0n) is 26.1. The summed E-state index contributed by atoms with van der Waals surface area (Å²) in [5.74, 6) is 0. The molecule has 1 atom stereocenters. The highest BCUT2D eigenvalue weighted by atomic mass is 31.0. The minimum absolute atomic E-state index is 1.27. The zero-order chi connectivity index (χ0) is 30.4. The maximum atomic E-state index is 2.31. The van der Waals surface area contributed by atoms with Crippen molar-refractivity contribution in [1.29, 1.82) is 0 Å². The van der Waals surface area contributed by atoms with E-state index in [2.05, 4.69) is 180 Å². The minimum atomic E-state index is -1.27. The molecule has 6 aromatic rings. The van der Waals surface area contributed by atoms with Crippen LogP contribution in [0.25, 0.3) is 11.1 Å². The van der Waals surface area contributed by atoms with E-state index < -0.39 is 6.15 Å². The molecule has 0 heterocycles. The van der Waals surface area contributed by atoms with Crippen molar-refractivity contribution in [2.45, 2.75) is 34.6 Å². The minimum Gasteiger partial charge on any atom is -0.195 e. The van der Waals surface area contributed by atoms with Crippen LogP contribution in [0.15, 0.2) is 146 Å². The van der Waals surface area contributed by atoms with Gasteiger partial charge in [-0.3, -0.25) is 0 Å². The van der Waals surface area contributed by atoms with Gasteiger partial charge in [0.05, 0.1) is 5.30 Å². The van der Waals surface area contributed by atoms with Crippen LogP contribution in [0.4, 0.5) is 0 Å². The normalized spacial score (nSPS) is 11.1. The molecule has 0 radical (unpaired) electrons. The van der Waals surface area contributed by atoms with Crippen LogP contribution in [-0.2, 0) is 0 Å². The van der Waals surface area contributed by atoms with Crippen molar-refractivity contribution in [2.75, 3.05) is 0 Å². The van der Waals surface area contributed by atoms with Gasteiger partial charge in [-0.1, -0.05) is 156 Å². The number of hydrogen-bond donors (Lipinski definition) is 0. The topological polar surface area (TPSA) is 0 Å². The van der Waals surface area contributed by atoms with Crippen LogP contribution >= 0.6 is 9.24 Å². The lowest BCUT2D eigenvalue weighted by molar-refractivity contribution is 1.46. The summed E-state index contributed by atoms with van der Waals surface area (Å²) < 4.78 is 0. The molecular weight excluding hydrogens is 534 g/mol. The Morgan fingerprint density at radius 1 is 0.372 bits per heavy atom. The molecule has 0 aliphatic rings. The molecule has 0 aliphatic carbocycles. The van der Waals surface area contributed by atoms with E-state index in [-0.39, 0.29) is 0 Å². The highest BCUT2D eigenvalue weighted by molar-refractivity contribution is 7.27. The Bertz CT molecular complexity index is 1580. The predicted octanol–water partition coefficient (Wildman–Crippen LogP) is 7.19. The van der Waals surface area contributed by atoms with Crippen molar-refractivity contribution >= 4 is 42.5 Å². The molecule has 0 amide bonds. The van der Waals surface area contributed by atoms with Crippen molar-refractivity contribution in [3.63, 3.8) is 0 Å². The molecule has 6 rings (SSSR count). The van der Waals surface area contributed by atoms with Gasteiger partial charge in [-0.05, 0) is 63.4 Å². The first-order chi connectivity index (χ1) is 20.8. The molecule has 0 saturated heterocycles. The van der Waals surface area contributed by atoms with Crippen molar-refractivity contribution in [3.8, 4) is 11.1 Å². The Labute approximate surface area is 261 Å². The zero-order valence-corrected chi connectivity index (χ0v) is 27.6. The lowest BCUT2D eigenvalue weighted by Gasteiger charge is -2.44. The van der Waals surface area contributed by atoms with Gasteiger partial charge in [0.2, 0.25) is 0 Å². The van der Waals surface area contributed by atoms with Crippen LogP contribution in [0.3, 0.4) is 0 Å². The fourth-order valence-electron chi connectivity index (χ4n) is 6.16. The Hall–Kier alpha value is -4.19. The summed E-state index contributed by atoms with van der Waals surface area (Å²) in [5, 5.41) is 1.34. The molecule has 0 aromatic heterocycles. The largest absolute Gasteiger partial charge is 0.195 e. The van der Waals surface area contributed by atoms with Gasteiger partial charge in [-0.15, -0.1) is 0 Å². The van der Waals surface area contributed by atoms with Crippen molar-refractivity contribution in [1.82, 2.24) is 0 Å². The van der Waals surface area contributed by atoms with Crippen LogP contribution in [0.5, 0.6) is 0 Å². The summed E-state index contributed by atoms with van der Waals surface area (Å²) in [4.78, 5) is 0. The SMILES string of the molecule is Cc1ccc([B-](c2ccc(C)cc2)(c2ccc(C)cc2)c2ccc(C)cc2)cc1.Cc1ccccc1-c1ccc([PH3+])cc1. The van der Waals surface area contributed by atoms with Crippen LogP contribution < -0.4 is 27.2 Å². The molecule has 0 fully saturated rings. The van der Waals surface area contributed by atoms with Crippen molar-refractivity contribution in [2.24, 2.45) is 0 Å². The smallest absolute Gasteiger partial charge is 0.108 e. The first kappa shape index (κ1) is 30.3. The van der Waals surface area contributed by atoms with Gasteiger partial charge in [-0.25, -0.2) is 0 Å². The molecule has 0 bridgehead atoms. The van der Waals surface area contributed by atoms with Gasteiger partial charge >= 0.3 is 0 Å². The quantitative estimate of drug-likeness (QED) is 0.151. The van der Waals surface area contributed by atoms with Crippen molar-refractivity contribution < 1.29 is 0 Å². The van der Waals surface area contributed by atoms with Gasteiger partial charge in [0.1, 0.15) is 6.15 Å². The third-order valence-electron chi connectivity index (χ3n) is 8.72. The highest BCUT2D eigenvalue weighted by Gasteiger charge is 2.31. The average Bonchev–Trinajstić information content (AvgIpc) is 3.02. The van der Waals surface area contributed by atoms with E-state index in [1.165, 1.54) is 66.1 Å². The Morgan fingerprint density at radius 2 is 0.698 bits per heavy atom. The summed E-state index contributed by atoms with van der Waals surface area (Å²) in [6.45, 7) is 10.8. The van der Waals surface area contributed by atoms with Gasteiger partial charge in [0.25, 0.3) is 0 Å². The first-order valence-corrected chi connectivity index (χ1v) is 15.9. The van der Waals surface area contributed by atoms with Gasteiger partial charge in [-0.2, -0.15) is 21.9 Å². The molecule has 0 N–H and O–H groups in total. The number of aryl methyl sites for hydroxylation is 5. The number of rotatable bonds is 5. The van der Waals surface area contributed by atoms with Crippen LogP contribution in [0.2, 0.25) is 0 Å². The van der Waals surface area contributed by atoms with E-state index in [4.69, 9.17) is 0 Å². The Balaban J connectivity index is 0.000000220. The van der Waals surface area contributed by atoms with E-state index in [0.717, 1.165) is 0 Å². The maximum absolute atomic E-state index is 2.31. The van der Waals surface area contributed by atoms with E-state index in [1.807, 2.05) is 9.24 Å². The van der Waals surface area contributed by atoms with E-state index in [1.54, 1.807) is 0 Å². The van der Waals surface area contributed by atoms with E-state index >= 15 is 0 Å². The molecular formula is C41H42BP. The summed E-state index contributed by atoms with van der Waals surface area (Å²) in [6, 6.07) is 53.6. The summed E-state index contributed by atoms with van der Waals surface area (Å²) in [7, 11) is 1.92. The lowest BCUT2D eigenvalue weighted by atomic mass is 9.13. The maximum Gasteiger partial charge on any atom is 0.108 e. The van der Waals surface area contributed by atoms with Gasteiger partial charge in [0, 0.05) is 9.24 Å². The summed E-state index contributed by atoms with van der Waals surface area (Å²) >= 11 is 0. The molecule has 2 heteroatoms. The Morgan fingerprint density at radius 3 is 1.02 bits per heavy atom. The van der Waals surface area contributed by atoms with Gasteiger partial charge < -0.3 is 0 Å². The van der Waals surface area contributed by atoms with Crippen LogP contribution in [-0.4, -0.2) is 6.15 Å². The van der Waals surface area contributed by atoms with Crippen LogP contribution in [0, 0.1) is 34.6 Å². The molecule has 6 aromatic carbocycles. The second kappa shape index (κ2) is 13.4. The first-order valence-electron chi connectivity index (χ1n) is 15.2. The Kier molecular flexibility index (Phi) is 9.44. The average molecular weight is 577 g/mol. The molecule has 1 unspecified atom stereocenters. The standard InChI is InChI=1S/C28H28B.C13H13P/c1-21-5-13-25(14-6-21)29(26-15-7-22(2)8-16-26,27-17-9-23(3)10-18-27)28-19-11-24(4)12-20-28;1-10-4-2-3-5-13(10)11-6-8-12(14)9-7-11/h5-20H,1-4H3;2-9H,14H2,1H3/q-1;/p+1. The monoisotopic (exact) mass is 576 g/mol. The van der Waals surface area contributed by atoms with E-state index in [9.17, 15) is 0 Å². The second-order valence-corrected chi connectivity index (χ2v) is 12.8. The molecule has 214 valence electrons. The summed E-state index contributed by atoms with van der Waals surface area (Å²) in [6.07, 6.45) is -1.27. The summed E-state index contributed by atoms with van der Waals surface area (Å²) in [5.41, 5.74) is 14.5. The lowest BCUT2D eigenvalue weighted by Crippen LogP contribution is -2.74. The van der Waals surface area contributed by atoms with Crippen molar-refractivity contribution in [3.05, 3.63) is 173 Å². The number of benzene rings is 6. The molecule has 0 spiro atoms. The molecule has 0 saturated carbocycles. The van der Waals surface area contributed by atoms with Crippen LogP contribution in [0.1, 0.15) is 27.8 Å². The van der Waals surface area contributed by atoms with Gasteiger partial charge in [0.15, 0.2) is 0 Å². The number of hydrogen-bond acceptors (Lipinski definition) is 0. The molecule has 0 nitrogen and oxygen atoms in total. The molecule has 43 heavy (non-hydrogen) atoms. The third kappa shape index (κ3) is 6.74. The predicted molar refractivity (Wildman–Crippen MR) is 196 cm³/mol.